The Kier molecular flexibility index (Phi) is 5.35. The van der Waals surface area contributed by atoms with Crippen molar-refractivity contribution in [1.82, 2.24) is 0 Å². The summed E-state index contributed by atoms with van der Waals surface area (Å²) >= 11 is 0. The summed E-state index contributed by atoms with van der Waals surface area (Å²) in [6.45, 7) is 9.41. The van der Waals surface area contributed by atoms with Crippen LogP contribution in [0.2, 0.25) is 0 Å². The van der Waals surface area contributed by atoms with E-state index < -0.39 is 22.8 Å². The second-order valence-corrected chi connectivity index (χ2v) is 7.44. The fourth-order valence-corrected chi connectivity index (χ4v) is 3.16. The lowest BCUT2D eigenvalue weighted by Crippen LogP contribution is -2.43. The third kappa shape index (κ3) is 3.60. The molecule has 25 heavy (non-hydrogen) atoms. The summed E-state index contributed by atoms with van der Waals surface area (Å²) in [7, 11) is 0. The minimum absolute atomic E-state index is 0.0278. The lowest BCUT2D eigenvalue weighted by molar-refractivity contribution is -0.171. The van der Waals surface area contributed by atoms with Crippen LogP contribution in [0.3, 0.4) is 0 Å². The van der Waals surface area contributed by atoms with Gasteiger partial charge in [0.25, 0.3) is 0 Å². The van der Waals surface area contributed by atoms with E-state index in [4.69, 9.17) is 9.47 Å². The van der Waals surface area contributed by atoms with Crippen LogP contribution >= 0.6 is 0 Å². The summed E-state index contributed by atoms with van der Waals surface area (Å²) in [6, 6.07) is 5.39. The van der Waals surface area contributed by atoms with Crippen molar-refractivity contribution in [3.8, 4) is 0 Å². The Labute approximate surface area is 148 Å². The smallest absolute Gasteiger partial charge is 0.324 e. The van der Waals surface area contributed by atoms with Gasteiger partial charge in [0.05, 0.1) is 13.2 Å². The zero-order valence-electron chi connectivity index (χ0n) is 15.6. The molecule has 0 radical (unpaired) electrons. The van der Waals surface area contributed by atoms with Gasteiger partial charge in [0.15, 0.2) is 11.2 Å². The lowest BCUT2D eigenvalue weighted by Gasteiger charge is -2.24. The first kappa shape index (κ1) is 19.2. The Morgan fingerprint density at radius 3 is 1.96 bits per heavy atom. The van der Waals surface area contributed by atoms with Gasteiger partial charge in [0, 0.05) is 11.0 Å². The Bertz CT molecular complexity index is 679. The first-order valence-electron chi connectivity index (χ1n) is 8.66. The number of hydrogen-bond acceptors (Lipinski definition) is 5. The highest BCUT2D eigenvalue weighted by Gasteiger charge is 2.53. The van der Waals surface area contributed by atoms with Gasteiger partial charge in [-0.05, 0) is 43.9 Å². The highest BCUT2D eigenvalue weighted by molar-refractivity contribution is 6.03. The first-order valence-corrected chi connectivity index (χ1v) is 8.66. The molecule has 0 aromatic heterocycles. The SMILES string of the molecule is CCOC(=O)C1(C(=O)OCC)Cc2ccc(C(=O)C(C)(C)C)cc2C1. The molecule has 5 heteroatoms. The molecule has 1 aromatic rings. The third-order valence-electron chi connectivity index (χ3n) is 4.47. The molecule has 0 N–H and O–H groups in total. The standard InChI is InChI=1S/C20H26O5/c1-6-24-17(22)20(18(23)25-7-2)11-14-9-8-13(10-15(14)12-20)16(21)19(3,4)5/h8-10H,6-7,11-12H2,1-5H3. The molecule has 0 unspecified atom stereocenters. The third-order valence-corrected chi connectivity index (χ3v) is 4.47. The van der Waals surface area contributed by atoms with Crippen LogP contribution in [0.5, 0.6) is 0 Å². The number of ether oxygens (including phenoxy) is 2. The van der Waals surface area contributed by atoms with E-state index in [0.29, 0.717) is 5.56 Å². The highest BCUT2D eigenvalue weighted by atomic mass is 16.6. The molecule has 0 fully saturated rings. The van der Waals surface area contributed by atoms with Crippen molar-refractivity contribution in [1.29, 1.82) is 0 Å². The van der Waals surface area contributed by atoms with Crippen LogP contribution in [-0.2, 0) is 31.9 Å². The van der Waals surface area contributed by atoms with Crippen molar-refractivity contribution in [2.45, 2.75) is 47.5 Å². The van der Waals surface area contributed by atoms with Crippen LogP contribution in [0.4, 0.5) is 0 Å². The summed E-state index contributed by atoms with van der Waals surface area (Å²) in [4.78, 5) is 37.6. The lowest BCUT2D eigenvalue weighted by atomic mass is 9.84. The van der Waals surface area contributed by atoms with E-state index in [1.807, 2.05) is 26.8 Å². The number of fused-ring (bicyclic) bond motifs is 1. The van der Waals surface area contributed by atoms with E-state index in [1.165, 1.54) is 0 Å². The average molecular weight is 346 g/mol. The van der Waals surface area contributed by atoms with E-state index in [0.717, 1.165) is 11.1 Å². The minimum Gasteiger partial charge on any atom is -0.465 e. The summed E-state index contributed by atoms with van der Waals surface area (Å²) in [5, 5.41) is 0. The van der Waals surface area contributed by atoms with E-state index in [9.17, 15) is 14.4 Å². The van der Waals surface area contributed by atoms with Gasteiger partial charge in [0.1, 0.15) is 0 Å². The van der Waals surface area contributed by atoms with Crippen LogP contribution in [0.15, 0.2) is 18.2 Å². The zero-order chi connectivity index (χ0) is 18.8. The van der Waals surface area contributed by atoms with Crippen molar-refractivity contribution in [3.63, 3.8) is 0 Å². The number of benzene rings is 1. The molecule has 1 aliphatic carbocycles. The number of carbonyl (C=O) groups excluding carboxylic acids is 3. The van der Waals surface area contributed by atoms with Crippen LogP contribution in [0.25, 0.3) is 0 Å². The maximum Gasteiger partial charge on any atom is 0.324 e. The second-order valence-electron chi connectivity index (χ2n) is 7.44. The Morgan fingerprint density at radius 2 is 1.48 bits per heavy atom. The normalized spacial score (nSPS) is 15.4. The molecule has 0 atom stereocenters. The largest absolute Gasteiger partial charge is 0.465 e. The van der Waals surface area contributed by atoms with E-state index in [2.05, 4.69) is 0 Å². The molecule has 0 bridgehead atoms. The van der Waals surface area contributed by atoms with Gasteiger partial charge in [-0.3, -0.25) is 14.4 Å². The van der Waals surface area contributed by atoms with Crippen molar-refractivity contribution in [2.75, 3.05) is 13.2 Å². The summed E-state index contributed by atoms with van der Waals surface area (Å²) in [5.41, 5.74) is 0.460. The van der Waals surface area contributed by atoms with Gasteiger partial charge in [-0.2, -0.15) is 0 Å². The molecule has 0 amide bonds. The predicted octanol–water partition coefficient (Wildman–Crippen LogP) is 3.13. The highest BCUT2D eigenvalue weighted by Crippen LogP contribution is 2.40. The topological polar surface area (TPSA) is 69.7 Å². The van der Waals surface area contributed by atoms with Gasteiger partial charge in [-0.1, -0.05) is 32.9 Å². The molecule has 1 aliphatic rings. The molecular weight excluding hydrogens is 320 g/mol. The molecule has 0 heterocycles. The molecule has 2 rings (SSSR count). The number of hydrogen-bond donors (Lipinski definition) is 0. The van der Waals surface area contributed by atoms with Gasteiger partial charge >= 0.3 is 11.9 Å². The fraction of sp³-hybridized carbons (Fsp3) is 0.550. The molecule has 0 saturated carbocycles. The molecule has 0 aliphatic heterocycles. The Balaban J connectivity index is 2.40. The number of carbonyl (C=O) groups is 3. The monoisotopic (exact) mass is 346 g/mol. The maximum absolute atomic E-state index is 12.5. The van der Waals surface area contributed by atoms with Crippen LogP contribution in [-0.4, -0.2) is 30.9 Å². The molecule has 0 saturated heterocycles. The Hall–Kier alpha value is -2.17. The number of ketones is 1. The van der Waals surface area contributed by atoms with Crippen LogP contribution in [0, 0.1) is 10.8 Å². The molecule has 0 spiro atoms. The van der Waals surface area contributed by atoms with Gasteiger partial charge in [-0.15, -0.1) is 0 Å². The van der Waals surface area contributed by atoms with E-state index >= 15 is 0 Å². The van der Waals surface area contributed by atoms with Gasteiger partial charge in [0.2, 0.25) is 0 Å². The van der Waals surface area contributed by atoms with Gasteiger partial charge in [-0.25, -0.2) is 0 Å². The average Bonchev–Trinajstić information content (AvgIpc) is 2.93. The van der Waals surface area contributed by atoms with Crippen molar-refractivity contribution in [2.24, 2.45) is 10.8 Å². The van der Waals surface area contributed by atoms with Crippen LogP contribution < -0.4 is 0 Å². The van der Waals surface area contributed by atoms with Gasteiger partial charge < -0.3 is 9.47 Å². The minimum atomic E-state index is -1.35. The predicted molar refractivity (Wildman–Crippen MR) is 93.3 cm³/mol. The number of Topliss-reactive ketones (excluding diaryl/α,β-unsaturated/α-hetero) is 1. The van der Waals surface area contributed by atoms with Crippen molar-refractivity contribution < 1.29 is 23.9 Å². The number of esters is 2. The van der Waals surface area contributed by atoms with Crippen LogP contribution in [0.1, 0.15) is 56.1 Å². The second kappa shape index (κ2) is 6.98. The first-order chi connectivity index (χ1) is 11.7. The summed E-state index contributed by atoms with van der Waals surface area (Å²) < 4.78 is 10.3. The zero-order valence-corrected chi connectivity index (χ0v) is 15.6. The van der Waals surface area contributed by atoms with Crippen molar-refractivity contribution >= 4 is 17.7 Å². The van der Waals surface area contributed by atoms with Crippen molar-refractivity contribution in [3.05, 3.63) is 34.9 Å². The summed E-state index contributed by atoms with van der Waals surface area (Å²) in [6.07, 6.45) is 0.440. The van der Waals surface area contributed by atoms with E-state index in [-0.39, 0.29) is 31.8 Å². The molecule has 1 aromatic carbocycles. The van der Waals surface area contributed by atoms with E-state index in [1.54, 1.807) is 26.0 Å². The quantitative estimate of drug-likeness (QED) is 0.465. The molecular formula is C20H26O5. The fourth-order valence-electron chi connectivity index (χ4n) is 3.16. The summed E-state index contributed by atoms with van der Waals surface area (Å²) in [5.74, 6) is -1.10. The number of rotatable bonds is 5. The molecule has 136 valence electrons. The molecule has 5 nitrogen and oxygen atoms in total. The Morgan fingerprint density at radius 1 is 0.960 bits per heavy atom. The maximum atomic E-state index is 12.5.